The smallest absolute Gasteiger partial charge is 0.0946 e. The summed E-state index contributed by atoms with van der Waals surface area (Å²) in [5.74, 6) is 0.295. The van der Waals surface area contributed by atoms with Gasteiger partial charge in [-0.15, -0.1) is 0 Å². The van der Waals surface area contributed by atoms with E-state index >= 15 is 0 Å². The lowest BCUT2D eigenvalue weighted by Gasteiger charge is -2.43. The average molecular weight is 219 g/mol. The van der Waals surface area contributed by atoms with Gasteiger partial charge >= 0.3 is 0 Å². The van der Waals surface area contributed by atoms with Gasteiger partial charge in [-0.2, -0.15) is 0 Å². The van der Waals surface area contributed by atoms with E-state index in [1.54, 1.807) is 0 Å². The Morgan fingerprint density at radius 1 is 1.38 bits per heavy atom. The molecule has 88 valence electrons. The predicted molar refractivity (Wildman–Crippen MR) is 66.2 cm³/mol. The first kappa shape index (κ1) is 11.6. The normalized spacial score (nSPS) is 31.6. The van der Waals surface area contributed by atoms with E-state index in [9.17, 15) is 5.11 Å². The third-order valence-electron chi connectivity index (χ3n) is 3.88. The van der Waals surface area contributed by atoms with Gasteiger partial charge in [-0.05, 0) is 18.5 Å². The van der Waals surface area contributed by atoms with Crippen molar-refractivity contribution in [1.82, 2.24) is 4.90 Å². The van der Waals surface area contributed by atoms with Crippen molar-refractivity contribution in [1.29, 1.82) is 0 Å². The summed E-state index contributed by atoms with van der Waals surface area (Å²) < 4.78 is 0. The van der Waals surface area contributed by atoms with Crippen LogP contribution in [0.1, 0.15) is 25.8 Å². The molecule has 0 aliphatic carbocycles. The molecule has 0 bridgehead atoms. The molecule has 1 aromatic rings. The topological polar surface area (TPSA) is 23.5 Å². The standard InChI is InChI=1S/C14H21NO/c1-3-15-10-9-14(16,12(2)11-15)13-7-5-4-6-8-13/h4-8,12,16H,3,9-11H2,1-2H3. The van der Waals surface area contributed by atoms with Crippen LogP contribution in [0.4, 0.5) is 0 Å². The van der Waals surface area contributed by atoms with Crippen molar-refractivity contribution < 1.29 is 5.11 Å². The summed E-state index contributed by atoms with van der Waals surface area (Å²) in [6.07, 6.45) is 0.839. The van der Waals surface area contributed by atoms with E-state index < -0.39 is 5.60 Å². The molecule has 2 nitrogen and oxygen atoms in total. The molecule has 0 radical (unpaired) electrons. The Kier molecular flexibility index (Phi) is 3.31. The van der Waals surface area contributed by atoms with Gasteiger partial charge in [0.1, 0.15) is 0 Å². The molecule has 0 spiro atoms. The van der Waals surface area contributed by atoms with Crippen LogP contribution >= 0.6 is 0 Å². The number of nitrogens with zero attached hydrogens (tertiary/aromatic N) is 1. The Labute approximate surface area is 97.9 Å². The molecule has 1 saturated heterocycles. The number of likely N-dealkylation sites (tertiary alicyclic amines) is 1. The zero-order valence-corrected chi connectivity index (χ0v) is 10.2. The van der Waals surface area contributed by atoms with E-state index in [2.05, 4.69) is 18.7 Å². The van der Waals surface area contributed by atoms with Crippen LogP contribution < -0.4 is 0 Å². The molecule has 1 aromatic carbocycles. The lowest BCUT2D eigenvalue weighted by atomic mass is 9.77. The van der Waals surface area contributed by atoms with E-state index in [-0.39, 0.29) is 0 Å². The highest BCUT2D eigenvalue weighted by molar-refractivity contribution is 5.24. The summed E-state index contributed by atoms with van der Waals surface area (Å²) in [6.45, 7) is 7.39. The number of piperidine rings is 1. The van der Waals surface area contributed by atoms with Crippen LogP contribution in [0.5, 0.6) is 0 Å². The van der Waals surface area contributed by atoms with Gasteiger partial charge in [-0.3, -0.25) is 0 Å². The monoisotopic (exact) mass is 219 g/mol. The van der Waals surface area contributed by atoms with Gasteiger partial charge in [0.25, 0.3) is 0 Å². The minimum Gasteiger partial charge on any atom is -0.385 e. The fraction of sp³-hybridized carbons (Fsp3) is 0.571. The summed E-state index contributed by atoms with van der Waals surface area (Å²) in [7, 11) is 0. The Morgan fingerprint density at radius 2 is 2.06 bits per heavy atom. The van der Waals surface area contributed by atoms with Crippen LogP contribution in [0.2, 0.25) is 0 Å². The zero-order chi connectivity index (χ0) is 11.6. The van der Waals surface area contributed by atoms with Crippen molar-refractivity contribution in [2.24, 2.45) is 5.92 Å². The first-order valence-electron chi connectivity index (χ1n) is 6.17. The van der Waals surface area contributed by atoms with Crippen LogP contribution in [-0.4, -0.2) is 29.6 Å². The van der Waals surface area contributed by atoms with Gasteiger partial charge in [-0.1, -0.05) is 44.2 Å². The van der Waals surface area contributed by atoms with Crippen LogP contribution in [0, 0.1) is 5.92 Å². The molecule has 0 saturated carbocycles. The van der Waals surface area contributed by atoms with Crippen molar-refractivity contribution in [2.75, 3.05) is 19.6 Å². The van der Waals surface area contributed by atoms with Crippen molar-refractivity contribution in [2.45, 2.75) is 25.9 Å². The molecule has 2 rings (SSSR count). The fourth-order valence-electron chi connectivity index (χ4n) is 2.65. The molecule has 2 atom stereocenters. The van der Waals surface area contributed by atoms with E-state index in [4.69, 9.17) is 0 Å². The van der Waals surface area contributed by atoms with Crippen LogP contribution in [-0.2, 0) is 5.60 Å². The van der Waals surface area contributed by atoms with Gasteiger partial charge in [0.15, 0.2) is 0 Å². The lowest BCUT2D eigenvalue weighted by Crippen LogP contribution is -2.48. The molecule has 16 heavy (non-hydrogen) atoms. The first-order chi connectivity index (χ1) is 7.66. The number of benzene rings is 1. The molecule has 0 amide bonds. The van der Waals surface area contributed by atoms with Gasteiger partial charge in [0.05, 0.1) is 5.60 Å². The number of hydrogen-bond acceptors (Lipinski definition) is 2. The van der Waals surface area contributed by atoms with Crippen molar-refractivity contribution in [3.63, 3.8) is 0 Å². The molecular formula is C14H21NO. The van der Waals surface area contributed by atoms with Gasteiger partial charge in [0.2, 0.25) is 0 Å². The van der Waals surface area contributed by atoms with Crippen molar-refractivity contribution in [3.05, 3.63) is 35.9 Å². The number of hydrogen-bond donors (Lipinski definition) is 1. The van der Waals surface area contributed by atoms with Crippen molar-refractivity contribution in [3.8, 4) is 0 Å². The fourth-order valence-corrected chi connectivity index (χ4v) is 2.65. The third kappa shape index (κ3) is 2.00. The predicted octanol–water partition coefficient (Wildman–Crippen LogP) is 2.24. The zero-order valence-electron chi connectivity index (χ0n) is 10.2. The maximum atomic E-state index is 10.8. The second-order valence-electron chi connectivity index (χ2n) is 4.83. The first-order valence-corrected chi connectivity index (χ1v) is 6.17. The maximum Gasteiger partial charge on any atom is 0.0946 e. The summed E-state index contributed by atoms with van der Waals surface area (Å²) >= 11 is 0. The second-order valence-corrected chi connectivity index (χ2v) is 4.83. The lowest BCUT2D eigenvalue weighted by molar-refractivity contribution is -0.0700. The molecule has 2 unspecified atom stereocenters. The van der Waals surface area contributed by atoms with E-state index in [0.717, 1.165) is 31.6 Å². The van der Waals surface area contributed by atoms with Crippen LogP contribution in [0.3, 0.4) is 0 Å². The molecule has 1 aliphatic rings. The summed E-state index contributed by atoms with van der Waals surface area (Å²) in [4.78, 5) is 2.40. The average Bonchev–Trinajstić information content (AvgIpc) is 2.34. The van der Waals surface area contributed by atoms with Gasteiger partial charge < -0.3 is 10.0 Å². The van der Waals surface area contributed by atoms with E-state index in [1.165, 1.54) is 0 Å². The molecule has 0 aromatic heterocycles. The highest BCUT2D eigenvalue weighted by atomic mass is 16.3. The van der Waals surface area contributed by atoms with Crippen molar-refractivity contribution >= 4 is 0 Å². The molecule has 2 heteroatoms. The molecule has 1 aliphatic heterocycles. The Bertz CT molecular complexity index is 338. The van der Waals surface area contributed by atoms with E-state index in [0.29, 0.717) is 5.92 Å². The minimum absolute atomic E-state index is 0.295. The SMILES string of the molecule is CCN1CCC(O)(c2ccccc2)C(C)C1. The van der Waals surface area contributed by atoms with Gasteiger partial charge in [0, 0.05) is 19.0 Å². The molecular weight excluding hydrogens is 198 g/mol. The molecule has 1 fully saturated rings. The molecule has 1 N–H and O–H groups in total. The Morgan fingerprint density at radius 3 is 2.62 bits per heavy atom. The quantitative estimate of drug-likeness (QED) is 0.824. The maximum absolute atomic E-state index is 10.8. The second kappa shape index (κ2) is 4.56. The number of rotatable bonds is 2. The summed E-state index contributed by atoms with van der Waals surface area (Å²) in [5, 5.41) is 10.8. The minimum atomic E-state index is -0.632. The largest absolute Gasteiger partial charge is 0.385 e. The summed E-state index contributed by atoms with van der Waals surface area (Å²) in [6, 6.07) is 10.1. The van der Waals surface area contributed by atoms with Crippen LogP contribution in [0.15, 0.2) is 30.3 Å². The summed E-state index contributed by atoms with van der Waals surface area (Å²) in [5.41, 5.74) is 0.436. The highest BCUT2D eigenvalue weighted by Gasteiger charge is 2.39. The number of aliphatic hydroxyl groups is 1. The Hall–Kier alpha value is -0.860. The van der Waals surface area contributed by atoms with Crippen LogP contribution in [0.25, 0.3) is 0 Å². The highest BCUT2D eigenvalue weighted by Crippen LogP contribution is 2.36. The Balaban J connectivity index is 2.20. The van der Waals surface area contributed by atoms with Gasteiger partial charge in [-0.25, -0.2) is 0 Å². The molecule has 1 heterocycles. The third-order valence-corrected chi connectivity index (χ3v) is 3.88. The van der Waals surface area contributed by atoms with E-state index in [1.807, 2.05) is 30.3 Å².